The second-order valence-corrected chi connectivity index (χ2v) is 4.74. The number of carbonyl (C=O) groups is 1. The van der Waals surface area contributed by atoms with Crippen molar-refractivity contribution in [3.05, 3.63) is 40.6 Å². The van der Waals surface area contributed by atoms with Crippen LogP contribution in [-0.2, 0) is 4.79 Å². The first kappa shape index (κ1) is 14.7. The molecule has 0 aliphatic carbocycles. The van der Waals surface area contributed by atoms with Crippen LogP contribution >= 0.6 is 0 Å². The molecule has 0 amide bonds. The maximum atomic E-state index is 11.0. The number of para-hydroxylation sites is 1. The van der Waals surface area contributed by atoms with E-state index in [0.29, 0.717) is 29.6 Å². The predicted octanol–water partition coefficient (Wildman–Crippen LogP) is 2.67. The Morgan fingerprint density at radius 3 is 2.90 bits per heavy atom. The summed E-state index contributed by atoms with van der Waals surface area (Å²) in [6.45, 7) is 2.11. The van der Waals surface area contributed by atoms with Crippen LogP contribution in [0.4, 0.5) is 11.4 Å². The van der Waals surface area contributed by atoms with E-state index < -0.39 is 16.8 Å². The molecule has 0 saturated heterocycles. The summed E-state index contributed by atoms with van der Waals surface area (Å²) >= 11 is 0. The minimum atomic E-state index is -0.841. The largest absolute Gasteiger partial charge is 0.481 e. The van der Waals surface area contributed by atoms with E-state index in [1.165, 1.54) is 12.3 Å². The van der Waals surface area contributed by atoms with Crippen molar-refractivity contribution < 1.29 is 14.8 Å². The zero-order valence-corrected chi connectivity index (χ0v) is 11.4. The highest BCUT2D eigenvalue weighted by atomic mass is 16.6. The Labute approximate surface area is 120 Å². The molecule has 1 heterocycles. The number of pyridine rings is 1. The molecule has 110 valence electrons. The first-order chi connectivity index (χ1) is 10.0. The van der Waals surface area contributed by atoms with E-state index in [1.54, 1.807) is 25.1 Å². The molecule has 0 saturated carbocycles. The number of hydrogen-bond donors (Lipinski definition) is 2. The normalized spacial score (nSPS) is 12.0. The zero-order chi connectivity index (χ0) is 15.4. The molecule has 2 rings (SSSR count). The standard InChI is InChI=1S/C14H15N3O4/c1-9(14(18)19)5-7-15-11-6-8-16-13-10(11)3-2-4-12(13)17(20)21/h2-4,6,8-9H,5,7H2,1H3,(H,15,16)(H,18,19). The van der Waals surface area contributed by atoms with E-state index >= 15 is 0 Å². The molecule has 0 radical (unpaired) electrons. The Hall–Kier alpha value is -2.70. The molecule has 1 aromatic carbocycles. The molecule has 2 aromatic rings. The number of nitro groups is 1. The predicted molar refractivity (Wildman–Crippen MR) is 78.3 cm³/mol. The summed E-state index contributed by atoms with van der Waals surface area (Å²) in [6.07, 6.45) is 1.96. The number of carboxylic acid groups (broad SMARTS) is 1. The Kier molecular flexibility index (Phi) is 4.32. The van der Waals surface area contributed by atoms with Gasteiger partial charge in [0.25, 0.3) is 5.69 Å². The van der Waals surface area contributed by atoms with Gasteiger partial charge in [-0.15, -0.1) is 0 Å². The van der Waals surface area contributed by atoms with Gasteiger partial charge in [-0.25, -0.2) is 4.98 Å². The van der Waals surface area contributed by atoms with Crippen LogP contribution in [-0.4, -0.2) is 27.5 Å². The van der Waals surface area contributed by atoms with E-state index in [0.717, 1.165) is 0 Å². The fourth-order valence-electron chi connectivity index (χ4n) is 2.01. The van der Waals surface area contributed by atoms with Crippen LogP contribution in [0.5, 0.6) is 0 Å². The van der Waals surface area contributed by atoms with Gasteiger partial charge in [-0.1, -0.05) is 19.1 Å². The number of hydrogen-bond acceptors (Lipinski definition) is 5. The van der Waals surface area contributed by atoms with Gasteiger partial charge in [-0.05, 0) is 12.5 Å². The molecule has 0 bridgehead atoms. The lowest BCUT2D eigenvalue weighted by molar-refractivity contribution is -0.383. The summed E-state index contributed by atoms with van der Waals surface area (Å²) in [5.74, 6) is -1.29. The summed E-state index contributed by atoms with van der Waals surface area (Å²) in [7, 11) is 0. The second-order valence-electron chi connectivity index (χ2n) is 4.74. The number of nitro benzene ring substituents is 1. The topological polar surface area (TPSA) is 105 Å². The van der Waals surface area contributed by atoms with Crippen molar-refractivity contribution in [3.8, 4) is 0 Å². The van der Waals surface area contributed by atoms with Gasteiger partial charge in [0, 0.05) is 29.9 Å². The number of anilines is 1. The molecular weight excluding hydrogens is 274 g/mol. The number of rotatable bonds is 6. The van der Waals surface area contributed by atoms with E-state index in [4.69, 9.17) is 5.11 Å². The first-order valence-corrected chi connectivity index (χ1v) is 6.49. The van der Waals surface area contributed by atoms with E-state index in [1.807, 2.05) is 0 Å². The number of aromatic nitrogens is 1. The van der Waals surface area contributed by atoms with Crippen molar-refractivity contribution in [2.75, 3.05) is 11.9 Å². The Morgan fingerprint density at radius 1 is 1.48 bits per heavy atom. The molecule has 0 aliphatic rings. The minimum absolute atomic E-state index is 0.0462. The summed E-state index contributed by atoms with van der Waals surface area (Å²) in [4.78, 5) is 25.3. The van der Waals surface area contributed by atoms with Gasteiger partial charge in [-0.2, -0.15) is 0 Å². The quantitative estimate of drug-likeness (QED) is 0.625. The van der Waals surface area contributed by atoms with Gasteiger partial charge >= 0.3 is 5.97 Å². The Morgan fingerprint density at radius 2 is 2.24 bits per heavy atom. The Bertz CT molecular complexity index is 687. The second kappa shape index (κ2) is 6.17. The monoisotopic (exact) mass is 289 g/mol. The van der Waals surface area contributed by atoms with Crippen LogP contribution in [0.15, 0.2) is 30.5 Å². The van der Waals surface area contributed by atoms with Crippen molar-refractivity contribution in [2.24, 2.45) is 5.92 Å². The number of nitrogens with one attached hydrogen (secondary N) is 1. The molecule has 2 N–H and O–H groups in total. The lowest BCUT2D eigenvalue weighted by atomic mass is 10.1. The molecular formula is C14H15N3O4. The fraction of sp³-hybridized carbons (Fsp3) is 0.286. The third-order valence-corrected chi connectivity index (χ3v) is 3.26. The van der Waals surface area contributed by atoms with Gasteiger partial charge in [0.15, 0.2) is 0 Å². The highest BCUT2D eigenvalue weighted by molar-refractivity contribution is 5.96. The summed E-state index contributed by atoms with van der Waals surface area (Å²) in [5.41, 5.74) is 0.982. The third-order valence-electron chi connectivity index (χ3n) is 3.26. The van der Waals surface area contributed by atoms with Crippen molar-refractivity contribution in [2.45, 2.75) is 13.3 Å². The van der Waals surface area contributed by atoms with Gasteiger partial charge in [-0.3, -0.25) is 14.9 Å². The van der Waals surface area contributed by atoms with Gasteiger partial charge in [0.05, 0.1) is 10.8 Å². The van der Waals surface area contributed by atoms with Crippen LogP contribution in [0.1, 0.15) is 13.3 Å². The van der Waals surface area contributed by atoms with E-state index in [9.17, 15) is 14.9 Å². The number of carboxylic acids is 1. The number of aliphatic carboxylic acids is 1. The SMILES string of the molecule is CC(CCNc1ccnc2c([N+](=O)[O-])cccc12)C(=O)O. The lowest BCUT2D eigenvalue weighted by Crippen LogP contribution is -2.14. The summed E-state index contributed by atoms with van der Waals surface area (Å²) in [5, 5.41) is 23.6. The number of benzene rings is 1. The third kappa shape index (κ3) is 3.25. The molecule has 7 nitrogen and oxygen atoms in total. The van der Waals surface area contributed by atoms with E-state index in [2.05, 4.69) is 10.3 Å². The number of non-ortho nitro benzene ring substituents is 1. The maximum absolute atomic E-state index is 11.0. The molecule has 7 heteroatoms. The molecule has 0 fully saturated rings. The average Bonchev–Trinajstić information content (AvgIpc) is 2.46. The smallest absolute Gasteiger partial charge is 0.306 e. The average molecular weight is 289 g/mol. The van der Waals surface area contributed by atoms with Crippen LogP contribution in [0.2, 0.25) is 0 Å². The van der Waals surface area contributed by atoms with Crippen molar-refractivity contribution >= 4 is 28.2 Å². The van der Waals surface area contributed by atoms with Gasteiger partial charge in [0.1, 0.15) is 5.52 Å². The minimum Gasteiger partial charge on any atom is -0.481 e. The van der Waals surface area contributed by atoms with Crippen molar-refractivity contribution in [1.29, 1.82) is 0 Å². The maximum Gasteiger partial charge on any atom is 0.306 e. The molecule has 1 atom stereocenters. The fourth-order valence-corrected chi connectivity index (χ4v) is 2.01. The zero-order valence-electron chi connectivity index (χ0n) is 11.4. The van der Waals surface area contributed by atoms with Gasteiger partial charge < -0.3 is 10.4 Å². The highest BCUT2D eigenvalue weighted by Crippen LogP contribution is 2.28. The molecule has 0 spiro atoms. The van der Waals surface area contributed by atoms with Crippen LogP contribution in [0.25, 0.3) is 10.9 Å². The van der Waals surface area contributed by atoms with Crippen molar-refractivity contribution in [3.63, 3.8) is 0 Å². The number of nitrogens with zero attached hydrogens (tertiary/aromatic N) is 2. The summed E-state index contributed by atoms with van der Waals surface area (Å²) < 4.78 is 0. The molecule has 1 unspecified atom stereocenters. The first-order valence-electron chi connectivity index (χ1n) is 6.49. The van der Waals surface area contributed by atoms with Crippen LogP contribution in [0.3, 0.4) is 0 Å². The molecule has 1 aromatic heterocycles. The molecule has 0 aliphatic heterocycles. The van der Waals surface area contributed by atoms with E-state index in [-0.39, 0.29) is 5.69 Å². The summed E-state index contributed by atoms with van der Waals surface area (Å²) in [6, 6.07) is 6.48. The highest BCUT2D eigenvalue weighted by Gasteiger charge is 2.15. The Balaban J connectivity index is 2.23. The lowest BCUT2D eigenvalue weighted by Gasteiger charge is -2.11. The van der Waals surface area contributed by atoms with Gasteiger partial charge in [0.2, 0.25) is 0 Å². The van der Waals surface area contributed by atoms with Crippen molar-refractivity contribution in [1.82, 2.24) is 4.98 Å². The molecule has 21 heavy (non-hydrogen) atoms. The van der Waals surface area contributed by atoms with Crippen LogP contribution < -0.4 is 5.32 Å². The van der Waals surface area contributed by atoms with Crippen LogP contribution in [0, 0.1) is 16.0 Å². The number of fused-ring (bicyclic) bond motifs is 1.